The van der Waals surface area contributed by atoms with Crippen LogP contribution in [0.5, 0.6) is 0 Å². The molecule has 1 saturated heterocycles. The first-order valence-electron chi connectivity index (χ1n) is 11.2. The van der Waals surface area contributed by atoms with Crippen molar-refractivity contribution in [2.45, 2.75) is 32.5 Å². The van der Waals surface area contributed by atoms with Crippen LogP contribution in [0.4, 0.5) is 18.9 Å². The van der Waals surface area contributed by atoms with Crippen molar-refractivity contribution in [3.8, 4) is 5.69 Å². The van der Waals surface area contributed by atoms with Crippen molar-refractivity contribution in [2.75, 3.05) is 18.0 Å². The smallest absolute Gasteiger partial charge is 0.307 e. The number of nitrogens with zero attached hydrogens (tertiary/aromatic N) is 3. The summed E-state index contributed by atoms with van der Waals surface area (Å²) in [4.78, 5) is 37.7. The fraction of sp³-hybridized carbons (Fsp3) is 0.280. The first-order chi connectivity index (χ1) is 17.1. The number of carbonyl (C=O) groups is 2. The number of anilines is 1. The molecule has 1 aromatic heterocycles. The molecule has 0 bridgehead atoms. The fourth-order valence-electron chi connectivity index (χ4n) is 4.08. The van der Waals surface area contributed by atoms with Crippen molar-refractivity contribution in [1.82, 2.24) is 15.1 Å². The van der Waals surface area contributed by atoms with E-state index in [4.69, 9.17) is 5.11 Å². The number of amides is 1. The molecule has 1 amide bonds. The first kappa shape index (κ1) is 25.0. The van der Waals surface area contributed by atoms with Gasteiger partial charge in [-0.3, -0.25) is 14.4 Å². The molecule has 2 aromatic carbocycles. The molecule has 1 atom stereocenters. The number of halogens is 3. The molecule has 4 rings (SSSR count). The van der Waals surface area contributed by atoms with Crippen LogP contribution in [0, 0.1) is 18.6 Å². The van der Waals surface area contributed by atoms with E-state index in [2.05, 4.69) is 10.4 Å². The van der Waals surface area contributed by atoms with Crippen LogP contribution >= 0.6 is 0 Å². The van der Waals surface area contributed by atoms with E-state index in [1.54, 1.807) is 36.1 Å². The van der Waals surface area contributed by atoms with Gasteiger partial charge in [-0.1, -0.05) is 12.1 Å². The van der Waals surface area contributed by atoms with Crippen LogP contribution in [-0.2, 0) is 17.8 Å². The van der Waals surface area contributed by atoms with Crippen molar-refractivity contribution in [1.29, 1.82) is 0 Å². The minimum atomic E-state index is -1.05. The third-order valence-electron chi connectivity index (χ3n) is 5.88. The van der Waals surface area contributed by atoms with E-state index in [-0.39, 0.29) is 25.1 Å². The Balaban J connectivity index is 1.55. The number of aryl methyl sites for hydroxylation is 1. The molecule has 2 heterocycles. The number of benzene rings is 2. The molecule has 188 valence electrons. The zero-order valence-corrected chi connectivity index (χ0v) is 19.3. The van der Waals surface area contributed by atoms with Crippen LogP contribution in [-0.4, -0.2) is 46.0 Å². The lowest BCUT2D eigenvalue weighted by Gasteiger charge is -2.19. The maximum atomic E-state index is 14.6. The van der Waals surface area contributed by atoms with E-state index in [9.17, 15) is 27.6 Å². The van der Waals surface area contributed by atoms with Crippen LogP contribution in [0.3, 0.4) is 0 Å². The van der Waals surface area contributed by atoms with Crippen LogP contribution in [0.2, 0.25) is 0 Å². The third kappa shape index (κ3) is 5.40. The molecular formula is C25H23F3N4O4. The Morgan fingerprint density at radius 3 is 2.50 bits per heavy atom. The number of aliphatic carboxylic acids is 1. The SMILES string of the molecule is Cc1cc(=O)c(C(=O)NCc2c(F)cc(N3CC[C@@H](F)C3)cc2F)nn1-c1cccc(CC(=O)O)c1. The minimum absolute atomic E-state index is 0.0551. The summed E-state index contributed by atoms with van der Waals surface area (Å²) in [6.07, 6.45) is -0.991. The molecule has 8 nitrogen and oxygen atoms in total. The predicted octanol–water partition coefficient (Wildman–Crippen LogP) is 2.92. The van der Waals surface area contributed by atoms with Gasteiger partial charge in [-0.15, -0.1) is 0 Å². The van der Waals surface area contributed by atoms with Gasteiger partial charge in [0.05, 0.1) is 12.1 Å². The molecule has 0 unspecified atom stereocenters. The third-order valence-corrected chi connectivity index (χ3v) is 5.88. The number of carbonyl (C=O) groups excluding carboxylic acids is 1. The van der Waals surface area contributed by atoms with Crippen molar-refractivity contribution in [3.63, 3.8) is 0 Å². The highest BCUT2D eigenvalue weighted by molar-refractivity contribution is 5.92. The van der Waals surface area contributed by atoms with E-state index < -0.39 is 52.9 Å². The molecule has 11 heteroatoms. The average Bonchev–Trinajstić information content (AvgIpc) is 3.24. The highest BCUT2D eigenvalue weighted by Gasteiger charge is 2.24. The summed E-state index contributed by atoms with van der Waals surface area (Å²) < 4.78 is 44.0. The quantitative estimate of drug-likeness (QED) is 0.517. The van der Waals surface area contributed by atoms with Crippen molar-refractivity contribution in [3.05, 3.63) is 86.8 Å². The summed E-state index contributed by atoms with van der Waals surface area (Å²) >= 11 is 0. The van der Waals surface area contributed by atoms with Crippen LogP contribution < -0.4 is 15.6 Å². The fourth-order valence-corrected chi connectivity index (χ4v) is 4.08. The van der Waals surface area contributed by atoms with Crippen molar-refractivity contribution in [2.24, 2.45) is 0 Å². The number of hydrogen-bond donors (Lipinski definition) is 2. The minimum Gasteiger partial charge on any atom is -0.481 e. The molecule has 0 saturated carbocycles. The first-order valence-corrected chi connectivity index (χ1v) is 11.2. The standard InChI is InChI=1S/C25H23F3N4O4/c1-14-7-22(33)24(30-32(14)17-4-2-3-15(8-17)9-23(34)35)25(36)29-12-19-20(27)10-18(11-21(19)28)31-6-5-16(26)13-31/h2-4,7-8,10-11,16H,5-6,9,12-13H2,1H3,(H,29,36)(H,34,35)/t16-/m1/s1. The lowest BCUT2D eigenvalue weighted by atomic mass is 10.1. The van der Waals surface area contributed by atoms with Gasteiger partial charge in [0.1, 0.15) is 17.8 Å². The topological polar surface area (TPSA) is 105 Å². The molecule has 0 aliphatic carbocycles. The highest BCUT2D eigenvalue weighted by atomic mass is 19.1. The molecule has 1 aliphatic heterocycles. The number of alkyl halides is 1. The Morgan fingerprint density at radius 1 is 1.14 bits per heavy atom. The number of carboxylic acids is 1. The maximum absolute atomic E-state index is 14.6. The Morgan fingerprint density at radius 2 is 1.86 bits per heavy atom. The Labute approximate surface area is 204 Å². The molecule has 0 radical (unpaired) electrons. The van der Waals surface area contributed by atoms with E-state index in [1.807, 2.05) is 0 Å². The highest BCUT2D eigenvalue weighted by Crippen LogP contribution is 2.26. The van der Waals surface area contributed by atoms with Gasteiger partial charge < -0.3 is 15.3 Å². The van der Waals surface area contributed by atoms with Gasteiger partial charge >= 0.3 is 5.97 Å². The second-order valence-electron chi connectivity index (χ2n) is 8.55. The molecule has 1 fully saturated rings. The van der Waals surface area contributed by atoms with E-state index in [0.717, 1.165) is 12.1 Å². The Hall–Kier alpha value is -4.15. The lowest BCUT2D eigenvalue weighted by molar-refractivity contribution is -0.136. The van der Waals surface area contributed by atoms with Crippen LogP contribution in [0.25, 0.3) is 5.69 Å². The summed E-state index contributed by atoms with van der Waals surface area (Å²) in [5, 5.41) is 15.5. The number of nitrogens with one attached hydrogen (secondary N) is 1. The zero-order valence-electron chi connectivity index (χ0n) is 19.3. The summed E-state index contributed by atoms with van der Waals surface area (Å²) in [7, 11) is 0. The van der Waals surface area contributed by atoms with E-state index >= 15 is 0 Å². The van der Waals surface area contributed by atoms with Gasteiger partial charge in [-0.05, 0) is 43.2 Å². The maximum Gasteiger partial charge on any atom is 0.307 e. The Bertz CT molecular complexity index is 1370. The molecule has 2 N–H and O–H groups in total. The van der Waals surface area contributed by atoms with Crippen LogP contribution in [0.15, 0.2) is 47.3 Å². The predicted molar refractivity (Wildman–Crippen MR) is 125 cm³/mol. The zero-order chi connectivity index (χ0) is 26.0. The van der Waals surface area contributed by atoms with Gasteiger partial charge in [0.15, 0.2) is 5.69 Å². The van der Waals surface area contributed by atoms with Gasteiger partial charge in [-0.25, -0.2) is 17.9 Å². The summed E-state index contributed by atoms with van der Waals surface area (Å²) in [6.45, 7) is 1.46. The largest absolute Gasteiger partial charge is 0.481 e. The van der Waals surface area contributed by atoms with E-state index in [0.29, 0.717) is 23.5 Å². The average molecular weight is 500 g/mol. The second kappa shape index (κ2) is 10.2. The van der Waals surface area contributed by atoms with E-state index in [1.165, 1.54) is 10.7 Å². The van der Waals surface area contributed by atoms with Gasteiger partial charge in [0.2, 0.25) is 5.43 Å². The molecule has 3 aromatic rings. The number of hydrogen-bond acceptors (Lipinski definition) is 5. The van der Waals surface area contributed by atoms with Crippen LogP contribution in [0.1, 0.15) is 33.7 Å². The van der Waals surface area contributed by atoms with Crippen molar-refractivity contribution >= 4 is 17.6 Å². The monoisotopic (exact) mass is 500 g/mol. The summed E-state index contributed by atoms with van der Waals surface area (Å²) in [5.41, 5.74) is -0.0390. The molecule has 36 heavy (non-hydrogen) atoms. The van der Waals surface area contributed by atoms with Gasteiger partial charge in [0, 0.05) is 42.6 Å². The number of aromatic nitrogens is 2. The number of rotatable bonds is 7. The summed E-state index contributed by atoms with van der Waals surface area (Å²) in [6, 6.07) is 9.81. The normalized spacial score (nSPS) is 15.2. The molecule has 1 aliphatic rings. The van der Waals surface area contributed by atoms with Gasteiger partial charge in [-0.2, -0.15) is 5.10 Å². The molecular weight excluding hydrogens is 477 g/mol. The second-order valence-corrected chi connectivity index (χ2v) is 8.55. The van der Waals surface area contributed by atoms with Crippen molar-refractivity contribution < 1.29 is 27.9 Å². The summed E-state index contributed by atoms with van der Waals surface area (Å²) in [5.74, 6) is -3.76. The number of carboxylic acid groups (broad SMARTS) is 1. The molecule has 0 spiro atoms. The lowest BCUT2D eigenvalue weighted by Crippen LogP contribution is -2.32. The van der Waals surface area contributed by atoms with Gasteiger partial charge in [0.25, 0.3) is 5.91 Å². The Kier molecular flexibility index (Phi) is 7.09.